The van der Waals surface area contributed by atoms with Crippen molar-refractivity contribution in [1.29, 1.82) is 0 Å². The quantitative estimate of drug-likeness (QED) is 0.899. The number of ether oxygens (including phenoxy) is 2. The lowest BCUT2D eigenvalue weighted by Gasteiger charge is -2.35. The number of carbonyl (C=O) groups excluding carboxylic acids is 1. The summed E-state index contributed by atoms with van der Waals surface area (Å²) in [6.45, 7) is 7.70. The van der Waals surface area contributed by atoms with Crippen molar-refractivity contribution in [3.63, 3.8) is 0 Å². The van der Waals surface area contributed by atoms with Crippen LogP contribution in [0.25, 0.3) is 0 Å². The number of hydrogen-bond acceptors (Lipinski definition) is 4. The molecule has 1 aromatic rings. The molecule has 0 spiro atoms. The van der Waals surface area contributed by atoms with E-state index >= 15 is 0 Å². The molecule has 1 unspecified atom stereocenters. The maximum atomic E-state index is 12.5. The Balaban J connectivity index is 1.48. The van der Waals surface area contributed by atoms with E-state index in [4.69, 9.17) is 9.47 Å². The van der Waals surface area contributed by atoms with Crippen LogP contribution in [0.4, 0.5) is 10.5 Å². The summed E-state index contributed by atoms with van der Waals surface area (Å²) in [5.74, 6) is 0.713. The van der Waals surface area contributed by atoms with Gasteiger partial charge in [-0.3, -0.25) is 4.90 Å². The average Bonchev–Trinajstić information content (AvgIpc) is 3.10. The first-order valence-electron chi connectivity index (χ1n) is 8.88. The van der Waals surface area contributed by atoms with Crippen molar-refractivity contribution in [2.24, 2.45) is 0 Å². The molecule has 2 amide bonds. The molecule has 24 heavy (non-hydrogen) atoms. The van der Waals surface area contributed by atoms with Gasteiger partial charge in [-0.05, 0) is 31.9 Å². The molecule has 2 aliphatic heterocycles. The van der Waals surface area contributed by atoms with Gasteiger partial charge in [0.2, 0.25) is 0 Å². The zero-order valence-electron chi connectivity index (χ0n) is 14.4. The Kier molecular flexibility index (Phi) is 5.93. The standard InChI is InChI=1S/C18H27N3O3/c1-2-23-17-8-4-3-7-16(17)19-18(22)21-11-9-20(10-12-21)14-15-6-5-13-24-15/h3-4,7-8,15H,2,5-6,9-14H2,1H3,(H,19,22). The maximum absolute atomic E-state index is 12.5. The van der Waals surface area contributed by atoms with E-state index < -0.39 is 0 Å². The molecule has 0 aliphatic carbocycles. The van der Waals surface area contributed by atoms with Crippen molar-refractivity contribution >= 4 is 11.7 Å². The van der Waals surface area contributed by atoms with E-state index in [-0.39, 0.29) is 6.03 Å². The molecule has 1 aromatic carbocycles. The van der Waals surface area contributed by atoms with Crippen LogP contribution in [0.15, 0.2) is 24.3 Å². The summed E-state index contributed by atoms with van der Waals surface area (Å²) in [6, 6.07) is 7.50. The van der Waals surface area contributed by atoms with Crippen LogP contribution >= 0.6 is 0 Å². The number of amides is 2. The summed E-state index contributed by atoms with van der Waals surface area (Å²) in [6.07, 6.45) is 2.71. The highest BCUT2D eigenvalue weighted by Gasteiger charge is 2.25. The van der Waals surface area contributed by atoms with Gasteiger partial charge in [-0.2, -0.15) is 0 Å². The van der Waals surface area contributed by atoms with Gasteiger partial charge in [-0.25, -0.2) is 4.79 Å². The SMILES string of the molecule is CCOc1ccccc1NC(=O)N1CCN(CC2CCCO2)CC1. The number of nitrogens with one attached hydrogen (secondary N) is 1. The van der Waals surface area contributed by atoms with Crippen molar-refractivity contribution < 1.29 is 14.3 Å². The van der Waals surface area contributed by atoms with Gasteiger partial charge in [0.1, 0.15) is 5.75 Å². The molecule has 6 nitrogen and oxygen atoms in total. The Labute approximate surface area is 143 Å². The minimum Gasteiger partial charge on any atom is -0.492 e. The van der Waals surface area contributed by atoms with E-state index in [1.54, 1.807) is 0 Å². The van der Waals surface area contributed by atoms with E-state index in [2.05, 4.69) is 10.2 Å². The first-order chi connectivity index (χ1) is 11.8. The molecule has 1 atom stereocenters. The first-order valence-corrected chi connectivity index (χ1v) is 8.88. The van der Waals surface area contributed by atoms with Gasteiger partial charge in [0, 0.05) is 39.3 Å². The number of hydrogen-bond donors (Lipinski definition) is 1. The lowest BCUT2D eigenvalue weighted by molar-refractivity contribution is 0.0571. The fourth-order valence-electron chi connectivity index (χ4n) is 3.26. The van der Waals surface area contributed by atoms with Crippen LogP contribution in [-0.2, 0) is 4.74 Å². The van der Waals surface area contributed by atoms with Gasteiger partial charge in [0.15, 0.2) is 0 Å². The Hall–Kier alpha value is -1.79. The van der Waals surface area contributed by atoms with Gasteiger partial charge in [-0.1, -0.05) is 12.1 Å². The van der Waals surface area contributed by atoms with Crippen molar-refractivity contribution in [3.8, 4) is 5.75 Å². The second-order valence-electron chi connectivity index (χ2n) is 6.28. The molecule has 132 valence electrons. The normalized spacial score (nSPS) is 21.7. The van der Waals surface area contributed by atoms with E-state index in [0.717, 1.165) is 51.4 Å². The number of para-hydroxylation sites is 2. The van der Waals surface area contributed by atoms with Gasteiger partial charge in [-0.15, -0.1) is 0 Å². The molecule has 0 aromatic heterocycles. The highest BCUT2D eigenvalue weighted by Crippen LogP contribution is 2.24. The molecule has 0 bridgehead atoms. The van der Waals surface area contributed by atoms with E-state index in [1.807, 2.05) is 36.1 Å². The molecule has 2 saturated heterocycles. The van der Waals surface area contributed by atoms with Gasteiger partial charge in [0.05, 0.1) is 18.4 Å². The van der Waals surface area contributed by atoms with Crippen molar-refractivity contribution in [3.05, 3.63) is 24.3 Å². The third kappa shape index (κ3) is 4.39. The summed E-state index contributed by atoms with van der Waals surface area (Å²) < 4.78 is 11.3. The molecular formula is C18H27N3O3. The number of nitrogens with zero attached hydrogens (tertiary/aromatic N) is 2. The van der Waals surface area contributed by atoms with Crippen molar-refractivity contribution in [2.45, 2.75) is 25.9 Å². The third-order valence-electron chi connectivity index (χ3n) is 4.57. The highest BCUT2D eigenvalue weighted by atomic mass is 16.5. The molecule has 1 N–H and O–H groups in total. The van der Waals surface area contributed by atoms with Crippen LogP contribution in [-0.4, -0.2) is 67.9 Å². The number of carbonyl (C=O) groups is 1. The molecule has 0 saturated carbocycles. The fraction of sp³-hybridized carbons (Fsp3) is 0.611. The van der Waals surface area contributed by atoms with E-state index in [0.29, 0.717) is 18.5 Å². The van der Waals surface area contributed by atoms with Gasteiger partial charge >= 0.3 is 6.03 Å². The number of piperazine rings is 1. The van der Waals surface area contributed by atoms with Gasteiger partial charge < -0.3 is 19.7 Å². The fourth-order valence-corrected chi connectivity index (χ4v) is 3.26. The Bertz CT molecular complexity index is 538. The predicted octanol–water partition coefficient (Wildman–Crippen LogP) is 2.41. The summed E-state index contributed by atoms with van der Waals surface area (Å²) in [5, 5.41) is 2.97. The maximum Gasteiger partial charge on any atom is 0.322 e. The van der Waals surface area contributed by atoms with E-state index in [9.17, 15) is 4.79 Å². The van der Waals surface area contributed by atoms with Crippen LogP contribution in [0, 0.1) is 0 Å². The van der Waals surface area contributed by atoms with Crippen LogP contribution < -0.4 is 10.1 Å². The largest absolute Gasteiger partial charge is 0.492 e. The second-order valence-corrected chi connectivity index (χ2v) is 6.28. The Morgan fingerprint density at radius 1 is 1.29 bits per heavy atom. The molecule has 6 heteroatoms. The van der Waals surface area contributed by atoms with Crippen molar-refractivity contribution in [1.82, 2.24) is 9.80 Å². The predicted molar refractivity (Wildman–Crippen MR) is 93.6 cm³/mol. The number of rotatable bonds is 5. The Morgan fingerprint density at radius 2 is 2.08 bits per heavy atom. The summed E-state index contributed by atoms with van der Waals surface area (Å²) in [7, 11) is 0. The number of urea groups is 1. The third-order valence-corrected chi connectivity index (χ3v) is 4.57. The van der Waals surface area contributed by atoms with Crippen molar-refractivity contribution in [2.75, 3.05) is 51.3 Å². The molecule has 2 fully saturated rings. The highest BCUT2D eigenvalue weighted by molar-refractivity contribution is 5.91. The van der Waals surface area contributed by atoms with Crippen LogP contribution in [0.5, 0.6) is 5.75 Å². The molecule has 2 aliphatic rings. The first kappa shape index (κ1) is 17.0. The molecular weight excluding hydrogens is 306 g/mol. The minimum absolute atomic E-state index is 0.0566. The van der Waals surface area contributed by atoms with Crippen LogP contribution in [0.3, 0.4) is 0 Å². The monoisotopic (exact) mass is 333 g/mol. The summed E-state index contributed by atoms with van der Waals surface area (Å²) in [5.41, 5.74) is 0.728. The topological polar surface area (TPSA) is 54.0 Å². The zero-order chi connectivity index (χ0) is 16.8. The lowest BCUT2D eigenvalue weighted by atomic mass is 10.2. The van der Waals surface area contributed by atoms with Crippen LogP contribution in [0.1, 0.15) is 19.8 Å². The lowest BCUT2D eigenvalue weighted by Crippen LogP contribution is -2.51. The summed E-state index contributed by atoms with van der Waals surface area (Å²) in [4.78, 5) is 16.8. The smallest absolute Gasteiger partial charge is 0.322 e. The molecule has 3 rings (SSSR count). The second kappa shape index (κ2) is 8.35. The van der Waals surface area contributed by atoms with Gasteiger partial charge in [0.25, 0.3) is 0 Å². The minimum atomic E-state index is -0.0566. The Morgan fingerprint density at radius 3 is 2.79 bits per heavy atom. The van der Waals surface area contributed by atoms with Crippen LogP contribution in [0.2, 0.25) is 0 Å². The number of benzene rings is 1. The zero-order valence-corrected chi connectivity index (χ0v) is 14.4. The average molecular weight is 333 g/mol. The summed E-state index contributed by atoms with van der Waals surface area (Å²) >= 11 is 0. The molecule has 0 radical (unpaired) electrons. The van der Waals surface area contributed by atoms with E-state index in [1.165, 1.54) is 6.42 Å². The number of anilines is 1. The molecule has 2 heterocycles.